The number of carbonyl (C=O) groups excluding carboxylic acids is 1. The molecule has 0 spiro atoms. The van der Waals surface area contributed by atoms with E-state index in [4.69, 9.17) is 10.5 Å². The van der Waals surface area contributed by atoms with Gasteiger partial charge in [-0.3, -0.25) is 9.78 Å². The summed E-state index contributed by atoms with van der Waals surface area (Å²) in [6.45, 7) is 1.10. The maximum atomic E-state index is 12.0. The summed E-state index contributed by atoms with van der Waals surface area (Å²) < 4.78 is 5.06. The third kappa shape index (κ3) is 2.68. The smallest absolute Gasteiger partial charge is 0.223 e. The molecule has 2 N–H and O–H groups in total. The van der Waals surface area contributed by atoms with E-state index in [9.17, 15) is 4.79 Å². The van der Waals surface area contributed by atoms with E-state index in [1.165, 1.54) is 0 Å². The molecule has 2 atom stereocenters. The maximum absolute atomic E-state index is 12.0. The summed E-state index contributed by atoms with van der Waals surface area (Å²) in [5.41, 5.74) is 7.17. The van der Waals surface area contributed by atoms with E-state index in [1.807, 2.05) is 17.0 Å². The number of methoxy groups -OCH3 is 1. The van der Waals surface area contributed by atoms with Crippen LogP contribution in [0.3, 0.4) is 0 Å². The summed E-state index contributed by atoms with van der Waals surface area (Å²) in [5, 5.41) is 0. The summed E-state index contributed by atoms with van der Waals surface area (Å²) in [6, 6.07) is 3.71. The molecule has 2 heterocycles. The first-order valence-corrected chi connectivity index (χ1v) is 6.18. The van der Waals surface area contributed by atoms with Gasteiger partial charge in [0.25, 0.3) is 0 Å². The Morgan fingerprint density at radius 1 is 1.61 bits per heavy atom. The fraction of sp³-hybridized carbons (Fsp3) is 0.538. The molecular formula is C13H19N3O2. The van der Waals surface area contributed by atoms with Crippen LogP contribution in [0.4, 0.5) is 0 Å². The Hall–Kier alpha value is -1.46. The molecule has 1 aromatic heterocycles. The Bertz CT molecular complexity index is 396. The van der Waals surface area contributed by atoms with Crippen molar-refractivity contribution in [3.8, 4) is 0 Å². The largest absolute Gasteiger partial charge is 0.383 e. The van der Waals surface area contributed by atoms with Crippen molar-refractivity contribution in [3.05, 3.63) is 30.1 Å². The lowest BCUT2D eigenvalue weighted by Crippen LogP contribution is -2.49. The van der Waals surface area contributed by atoms with Crippen molar-refractivity contribution in [2.45, 2.75) is 24.9 Å². The molecule has 1 aromatic rings. The zero-order valence-electron chi connectivity index (χ0n) is 10.6. The first kappa shape index (κ1) is 13.0. The lowest BCUT2D eigenvalue weighted by molar-refractivity contribution is -0.138. The Morgan fingerprint density at radius 2 is 2.44 bits per heavy atom. The standard InChI is InChI=1S/C13H19N3O2/c1-18-8-7-16-12(17)5-4-11(14)13(16)10-3-2-6-15-9-10/h2-3,6,9,11,13H,4-5,7-8,14H2,1H3. The molecule has 0 aliphatic carbocycles. The van der Waals surface area contributed by atoms with E-state index in [0.29, 0.717) is 19.6 Å². The number of nitrogens with two attached hydrogens (primary N) is 1. The van der Waals surface area contributed by atoms with Gasteiger partial charge in [-0.25, -0.2) is 0 Å². The molecule has 0 aromatic carbocycles. The van der Waals surface area contributed by atoms with Crippen molar-refractivity contribution in [1.82, 2.24) is 9.88 Å². The molecule has 0 bridgehead atoms. The molecule has 18 heavy (non-hydrogen) atoms. The van der Waals surface area contributed by atoms with Crippen LogP contribution in [0.2, 0.25) is 0 Å². The molecule has 5 nitrogen and oxygen atoms in total. The Labute approximate surface area is 107 Å². The minimum absolute atomic E-state index is 0.0382. The highest BCUT2D eigenvalue weighted by atomic mass is 16.5. The van der Waals surface area contributed by atoms with Crippen LogP contribution in [0.25, 0.3) is 0 Å². The monoisotopic (exact) mass is 249 g/mol. The number of carbonyl (C=O) groups is 1. The second-order valence-electron chi connectivity index (χ2n) is 4.51. The molecule has 2 unspecified atom stereocenters. The van der Waals surface area contributed by atoms with E-state index >= 15 is 0 Å². The second kappa shape index (κ2) is 5.93. The number of aromatic nitrogens is 1. The van der Waals surface area contributed by atoms with Crippen molar-refractivity contribution in [3.63, 3.8) is 0 Å². The molecule has 1 amide bonds. The molecule has 5 heteroatoms. The fourth-order valence-corrected chi connectivity index (χ4v) is 2.41. The van der Waals surface area contributed by atoms with E-state index in [0.717, 1.165) is 12.0 Å². The summed E-state index contributed by atoms with van der Waals surface area (Å²) in [6.07, 6.45) is 4.74. The molecule has 0 saturated carbocycles. The van der Waals surface area contributed by atoms with Gasteiger partial charge in [0.2, 0.25) is 5.91 Å². The molecule has 1 aliphatic heterocycles. The number of piperidine rings is 1. The van der Waals surface area contributed by atoms with Crippen LogP contribution in [-0.4, -0.2) is 42.1 Å². The molecule has 1 aliphatic rings. The Morgan fingerprint density at radius 3 is 3.11 bits per heavy atom. The maximum Gasteiger partial charge on any atom is 0.223 e. The number of pyridine rings is 1. The summed E-state index contributed by atoms with van der Waals surface area (Å²) in [7, 11) is 1.63. The molecule has 98 valence electrons. The number of ether oxygens (including phenoxy) is 1. The average Bonchev–Trinajstić information content (AvgIpc) is 2.40. The Kier molecular flexibility index (Phi) is 4.28. The first-order valence-electron chi connectivity index (χ1n) is 6.18. The van der Waals surface area contributed by atoms with Crippen molar-refractivity contribution in [2.75, 3.05) is 20.3 Å². The van der Waals surface area contributed by atoms with Gasteiger partial charge in [0.1, 0.15) is 0 Å². The predicted molar refractivity (Wildman–Crippen MR) is 67.8 cm³/mol. The normalized spacial score (nSPS) is 24.3. The highest BCUT2D eigenvalue weighted by Crippen LogP contribution is 2.30. The average molecular weight is 249 g/mol. The topological polar surface area (TPSA) is 68.5 Å². The van der Waals surface area contributed by atoms with Gasteiger partial charge >= 0.3 is 0 Å². The van der Waals surface area contributed by atoms with Crippen LogP contribution in [0, 0.1) is 0 Å². The molecule has 2 rings (SSSR count). The summed E-state index contributed by atoms with van der Waals surface area (Å²) in [5.74, 6) is 0.141. The summed E-state index contributed by atoms with van der Waals surface area (Å²) in [4.78, 5) is 17.9. The van der Waals surface area contributed by atoms with Gasteiger partial charge in [-0.1, -0.05) is 6.07 Å². The highest BCUT2D eigenvalue weighted by molar-refractivity contribution is 5.78. The fourth-order valence-electron chi connectivity index (χ4n) is 2.41. The lowest BCUT2D eigenvalue weighted by atomic mass is 9.91. The van der Waals surface area contributed by atoms with Crippen molar-refractivity contribution in [2.24, 2.45) is 5.73 Å². The van der Waals surface area contributed by atoms with Gasteiger partial charge in [-0.15, -0.1) is 0 Å². The minimum Gasteiger partial charge on any atom is -0.383 e. The van der Waals surface area contributed by atoms with E-state index in [1.54, 1.807) is 19.5 Å². The van der Waals surface area contributed by atoms with Gasteiger partial charge in [0.15, 0.2) is 0 Å². The third-order valence-corrected chi connectivity index (χ3v) is 3.32. The minimum atomic E-state index is -0.0879. The quantitative estimate of drug-likeness (QED) is 0.853. The van der Waals surface area contributed by atoms with Gasteiger partial charge in [0.05, 0.1) is 12.6 Å². The van der Waals surface area contributed by atoms with Gasteiger partial charge < -0.3 is 15.4 Å². The number of rotatable bonds is 4. The van der Waals surface area contributed by atoms with Gasteiger partial charge in [-0.05, 0) is 18.1 Å². The highest BCUT2D eigenvalue weighted by Gasteiger charge is 2.34. The number of hydrogen-bond donors (Lipinski definition) is 1. The van der Waals surface area contributed by atoms with Gasteiger partial charge in [-0.2, -0.15) is 0 Å². The van der Waals surface area contributed by atoms with Crippen LogP contribution >= 0.6 is 0 Å². The van der Waals surface area contributed by atoms with Crippen LogP contribution in [-0.2, 0) is 9.53 Å². The van der Waals surface area contributed by atoms with Crippen LogP contribution in [0.1, 0.15) is 24.4 Å². The van der Waals surface area contributed by atoms with Crippen molar-refractivity contribution >= 4 is 5.91 Å². The molecule has 1 fully saturated rings. The van der Waals surface area contributed by atoms with Crippen molar-refractivity contribution < 1.29 is 9.53 Å². The number of hydrogen-bond acceptors (Lipinski definition) is 4. The molecule has 0 radical (unpaired) electrons. The third-order valence-electron chi connectivity index (χ3n) is 3.32. The number of amides is 1. The van der Waals surface area contributed by atoms with Crippen LogP contribution < -0.4 is 5.73 Å². The summed E-state index contributed by atoms with van der Waals surface area (Å²) >= 11 is 0. The predicted octanol–water partition coefficient (Wildman–Crippen LogP) is 0.719. The van der Waals surface area contributed by atoms with E-state index in [2.05, 4.69) is 4.98 Å². The SMILES string of the molecule is COCCN1C(=O)CCC(N)C1c1cccnc1. The molecular weight excluding hydrogens is 230 g/mol. The lowest BCUT2D eigenvalue weighted by Gasteiger charge is -2.39. The van der Waals surface area contributed by atoms with Crippen LogP contribution in [0.5, 0.6) is 0 Å². The van der Waals surface area contributed by atoms with Crippen LogP contribution in [0.15, 0.2) is 24.5 Å². The van der Waals surface area contributed by atoms with Crippen molar-refractivity contribution in [1.29, 1.82) is 0 Å². The van der Waals surface area contributed by atoms with E-state index < -0.39 is 0 Å². The second-order valence-corrected chi connectivity index (χ2v) is 4.51. The van der Waals surface area contributed by atoms with E-state index in [-0.39, 0.29) is 18.0 Å². The van der Waals surface area contributed by atoms with Gasteiger partial charge in [0, 0.05) is 38.5 Å². The first-order chi connectivity index (χ1) is 8.74. The zero-order chi connectivity index (χ0) is 13.0. The number of nitrogens with zero attached hydrogens (tertiary/aromatic N) is 2. The zero-order valence-corrected chi connectivity index (χ0v) is 10.6. The number of likely N-dealkylation sites (tertiary alicyclic amines) is 1. The molecule has 1 saturated heterocycles. The Balaban J connectivity index is 2.23.